The van der Waals surface area contributed by atoms with Gasteiger partial charge in [-0.2, -0.15) is 0 Å². The number of benzodiazepines with no additional fused rings is 1. The van der Waals surface area contributed by atoms with Gasteiger partial charge in [0.1, 0.15) is 5.25 Å². The highest BCUT2D eigenvalue weighted by Gasteiger charge is 2.33. The second kappa shape index (κ2) is 11.4. The van der Waals surface area contributed by atoms with Crippen LogP contribution in [0.3, 0.4) is 0 Å². The second-order valence-corrected chi connectivity index (χ2v) is 10.1. The minimum atomic E-state index is -1.16. The van der Waals surface area contributed by atoms with Crippen LogP contribution in [0.5, 0.6) is 0 Å². The summed E-state index contributed by atoms with van der Waals surface area (Å²) in [5.41, 5.74) is 9.20. The molecule has 0 saturated carbocycles. The van der Waals surface area contributed by atoms with Gasteiger partial charge in [-0.25, -0.2) is 4.99 Å². The number of amides is 3. The third-order valence-electron chi connectivity index (χ3n) is 6.40. The molecule has 2 atom stereocenters. The Morgan fingerprint density at radius 1 is 0.872 bits per heavy atom. The zero-order valence-electron chi connectivity index (χ0n) is 21.2. The number of nitrogens with two attached hydrogens (primary N) is 1. The van der Waals surface area contributed by atoms with Crippen LogP contribution < -0.4 is 16.0 Å². The van der Waals surface area contributed by atoms with Crippen molar-refractivity contribution in [3.8, 4) is 0 Å². The van der Waals surface area contributed by atoms with E-state index in [-0.39, 0.29) is 11.8 Å². The van der Waals surface area contributed by atoms with Crippen LogP contribution in [0.1, 0.15) is 32.3 Å². The number of para-hydroxylation sites is 1. The fraction of sp³-hybridized carbons (Fsp3) is 0.0968. The number of hydrogen-bond donors (Lipinski definition) is 2. The Morgan fingerprint density at radius 2 is 1.49 bits per heavy atom. The SMILES string of the molecule is CN1C(=O)C(NC(=O)C(Sc2ccccc2)c2ccccc2)N=C(c2ccc(C(N)=O)cc2)c2ccccc21. The summed E-state index contributed by atoms with van der Waals surface area (Å²) in [6.45, 7) is 0. The standard InChI is InChI=1S/C31H26N4O3S/c1-35-25-15-9-8-14-24(25)26(20-16-18-22(19-17-20)28(32)36)33-29(31(35)38)34-30(37)27(21-10-4-2-5-11-21)39-23-12-6-3-7-13-23/h2-19,27,29H,1H3,(H2,32,36)(H,34,37). The van der Waals surface area contributed by atoms with Gasteiger partial charge in [-0.15, -0.1) is 11.8 Å². The van der Waals surface area contributed by atoms with Crippen molar-refractivity contribution in [1.82, 2.24) is 5.32 Å². The number of anilines is 1. The number of primary amides is 1. The van der Waals surface area contributed by atoms with Crippen molar-refractivity contribution in [3.05, 3.63) is 131 Å². The molecule has 2 unspecified atom stereocenters. The quantitative estimate of drug-likeness (QED) is 0.339. The lowest BCUT2D eigenvalue weighted by atomic mass is 9.99. The third kappa shape index (κ3) is 5.61. The van der Waals surface area contributed by atoms with Crippen LogP contribution in [-0.2, 0) is 9.59 Å². The molecule has 1 aliphatic rings. The monoisotopic (exact) mass is 534 g/mol. The Morgan fingerprint density at radius 3 is 2.15 bits per heavy atom. The molecular weight excluding hydrogens is 508 g/mol. The summed E-state index contributed by atoms with van der Waals surface area (Å²) in [5, 5.41) is 2.30. The van der Waals surface area contributed by atoms with E-state index in [4.69, 9.17) is 10.7 Å². The zero-order valence-corrected chi connectivity index (χ0v) is 22.0. The largest absolute Gasteiger partial charge is 0.366 e. The smallest absolute Gasteiger partial charge is 0.272 e. The summed E-state index contributed by atoms with van der Waals surface area (Å²) in [6, 6.07) is 33.2. The van der Waals surface area contributed by atoms with Crippen LogP contribution in [-0.4, -0.2) is 36.6 Å². The van der Waals surface area contributed by atoms with Crippen LogP contribution >= 0.6 is 11.8 Å². The lowest BCUT2D eigenvalue weighted by Gasteiger charge is -2.23. The number of likely N-dealkylation sites (N-methyl/N-ethyl adjacent to an activating group) is 1. The molecule has 8 heteroatoms. The predicted octanol–water partition coefficient (Wildman–Crippen LogP) is 4.58. The van der Waals surface area contributed by atoms with Gasteiger partial charge in [0.25, 0.3) is 5.91 Å². The first-order valence-corrected chi connectivity index (χ1v) is 13.2. The molecular formula is C31H26N4O3S. The molecule has 1 heterocycles. The van der Waals surface area contributed by atoms with Crippen molar-refractivity contribution in [2.75, 3.05) is 11.9 Å². The minimum Gasteiger partial charge on any atom is -0.366 e. The molecule has 3 N–H and O–H groups in total. The predicted molar refractivity (Wildman–Crippen MR) is 154 cm³/mol. The van der Waals surface area contributed by atoms with Gasteiger partial charge < -0.3 is 16.0 Å². The first-order valence-electron chi connectivity index (χ1n) is 12.3. The molecule has 0 saturated heterocycles. The fourth-order valence-corrected chi connectivity index (χ4v) is 5.44. The summed E-state index contributed by atoms with van der Waals surface area (Å²) >= 11 is 1.41. The molecule has 4 aromatic rings. The Hall–Kier alpha value is -4.69. The molecule has 194 valence electrons. The van der Waals surface area contributed by atoms with Crippen molar-refractivity contribution in [2.24, 2.45) is 10.7 Å². The lowest BCUT2D eigenvalue weighted by molar-refractivity contribution is -0.127. The Bertz CT molecular complexity index is 1540. The van der Waals surface area contributed by atoms with E-state index in [1.165, 1.54) is 16.7 Å². The van der Waals surface area contributed by atoms with E-state index in [2.05, 4.69) is 5.32 Å². The van der Waals surface area contributed by atoms with Gasteiger partial charge >= 0.3 is 0 Å². The normalized spacial score (nSPS) is 15.5. The van der Waals surface area contributed by atoms with E-state index >= 15 is 0 Å². The maximum atomic E-state index is 13.8. The van der Waals surface area contributed by atoms with Gasteiger partial charge in [0.2, 0.25) is 18.0 Å². The molecule has 1 aliphatic heterocycles. The Kier molecular flexibility index (Phi) is 7.56. The summed E-state index contributed by atoms with van der Waals surface area (Å²) in [7, 11) is 1.67. The lowest BCUT2D eigenvalue weighted by Crippen LogP contribution is -2.47. The van der Waals surface area contributed by atoms with Crippen molar-refractivity contribution < 1.29 is 14.4 Å². The minimum absolute atomic E-state index is 0.333. The second-order valence-electron chi connectivity index (χ2n) is 8.97. The van der Waals surface area contributed by atoms with Gasteiger partial charge in [0.05, 0.1) is 11.4 Å². The maximum Gasteiger partial charge on any atom is 0.272 e. The van der Waals surface area contributed by atoms with E-state index in [1.54, 1.807) is 31.3 Å². The fourth-order valence-electron chi connectivity index (χ4n) is 4.39. The molecule has 0 radical (unpaired) electrons. The number of nitrogens with zero attached hydrogens (tertiary/aromatic N) is 2. The number of carbonyl (C=O) groups excluding carboxylic acids is 3. The maximum absolute atomic E-state index is 13.8. The van der Waals surface area contributed by atoms with Gasteiger partial charge in [-0.1, -0.05) is 78.9 Å². The van der Waals surface area contributed by atoms with Crippen LogP contribution in [0.4, 0.5) is 5.69 Å². The molecule has 5 rings (SSSR count). The highest BCUT2D eigenvalue weighted by molar-refractivity contribution is 8.00. The van der Waals surface area contributed by atoms with Gasteiger partial charge in [0.15, 0.2) is 0 Å². The van der Waals surface area contributed by atoms with Crippen molar-refractivity contribution >= 4 is 40.9 Å². The van der Waals surface area contributed by atoms with E-state index < -0.39 is 17.3 Å². The topological polar surface area (TPSA) is 105 Å². The molecule has 0 spiro atoms. The highest BCUT2D eigenvalue weighted by atomic mass is 32.2. The van der Waals surface area contributed by atoms with Crippen LogP contribution in [0.25, 0.3) is 0 Å². The molecule has 0 aromatic heterocycles. The Labute approximate surface area is 230 Å². The first-order chi connectivity index (χ1) is 18.9. The summed E-state index contributed by atoms with van der Waals surface area (Å²) in [5.74, 6) is -1.23. The van der Waals surface area contributed by atoms with E-state index in [0.29, 0.717) is 22.5 Å². The molecule has 0 bridgehead atoms. The average Bonchev–Trinajstić information content (AvgIpc) is 3.07. The van der Waals surface area contributed by atoms with E-state index in [0.717, 1.165) is 16.0 Å². The van der Waals surface area contributed by atoms with Gasteiger partial charge in [-0.3, -0.25) is 14.4 Å². The summed E-state index contributed by atoms with van der Waals surface area (Å²) in [6.07, 6.45) is -1.16. The van der Waals surface area contributed by atoms with E-state index in [1.807, 2.05) is 84.9 Å². The first kappa shape index (κ1) is 25.9. The highest BCUT2D eigenvalue weighted by Crippen LogP contribution is 2.36. The van der Waals surface area contributed by atoms with Crippen LogP contribution in [0.15, 0.2) is 119 Å². The summed E-state index contributed by atoms with van der Waals surface area (Å²) < 4.78 is 0. The van der Waals surface area contributed by atoms with Crippen molar-refractivity contribution in [2.45, 2.75) is 16.3 Å². The molecule has 39 heavy (non-hydrogen) atoms. The van der Waals surface area contributed by atoms with Crippen LogP contribution in [0.2, 0.25) is 0 Å². The number of aliphatic imine (C=N–C) groups is 1. The number of fused-ring (bicyclic) bond motifs is 1. The van der Waals surface area contributed by atoms with Gasteiger partial charge in [0, 0.05) is 28.6 Å². The average molecular weight is 535 g/mol. The number of rotatable bonds is 7. The number of carbonyl (C=O) groups is 3. The molecule has 4 aromatic carbocycles. The molecule has 0 aliphatic carbocycles. The molecule has 7 nitrogen and oxygen atoms in total. The molecule has 3 amide bonds. The number of nitrogens with one attached hydrogen (secondary N) is 1. The zero-order chi connectivity index (χ0) is 27.4. The number of benzene rings is 4. The Balaban J connectivity index is 1.53. The third-order valence-corrected chi connectivity index (χ3v) is 7.67. The van der Waals surface area contributed by atoms with Crippen LogP contribution in [0, 0.1) is 0 Å². The summed E-state index contributed by atoms with van der Waals surface area (Å²) in [4.78, 5) is 46.2. The number of hydrogen-bond acceptors (Lipinski definition) is 5. The molecule has 0 fully saturated rings. The van der Waals surface area contributed by atoms with E-state index in [9.17, 15) is 14.4 Å². The number of thioether (sulfide) groups is 1. The van der Waals surface area contributed by atoms with Crippen molar-refractivity contribution in [3.63, 3.8) is 0 Å². The van der Waals surface area contributed by atoms with Gasteiger partial charge in [-0.05, 0) is 35.9 Å². The van der Waals surface area contributed by atoms with Crippen molar-refractivity contribution in [1.29, 1.82) is 0 Å².